The molecule has 3 heterocycles. The second-order valence-electron chi connectivity index (χ2n) is 10.4. The third kappa shape index (κ3) is 5.83. The lowest BCUT2D eigenvalue weighted by molar-refractivity contribution is 0.0186. The Morgan fingerprint density at radius 1 is 1.26 bits per heavy atom. The van der Waals surface area contributed by atoms with Crippen LogP contribution in [-0.4, -0.2) is 49.2 Å². The summed E-state index contributed by atoms with van der Waals surface area (Å²) in [6, 6.07) is 6.33. The minimum atomic E-state index is -0.604. The summed E-state index contributed by atoms with van der Waals surface area (Å²) in [7, 11) is 0. The largest absolute Gasteiger partial charge is 0.444 e. The van der Waals surface area contributed by atoms with Crippen molar-refractivity contribution in [3.63, 3.8) is 0 Å². The maximum absolute atomic E-state index is 14.0. The Morgan fingerprint density at radius 2 is 1.95 bits per heavy atom. The summed E-state index contributed by atoms with van der Waals surface area (Å²) in [6.07, 6.45) is 1.13. The minimum absolute atomic E-state index is 0.0473. The maximum atomic E-state index is 14.0. The fraction of sp³-hybridized carbons (Fsp3) is 0.462. The molecule has 12 nitrogen and oxygen atoms in total. The summed E-state index contributed by atoms with van der Waals surface area (Å²) in [6.45, 7) is 8.20. The molecule has 1 aliphatic heterocycles. The Hall–Kier alpha value is -4.11. The van der Waals surface area contributed by atoms with E-state index in [0.717, 1.165) is 0 Å². The van der Waals surface area contributed by atoms with E-state index in [-0.39, 0.29) is 40.8 Å². The lowest BCUT2D eigenvalue weighted by atomic mass is 10.0. The highest BCUT2D eigenvalue weighted by Gasteiger charge is 2.31. The average Bonchev–Trinajstić information content (AvgIpc) is 2.86. The SMILES string of the molecule is CCC(Nc1nc(N)nc(N)c1C#N)c1nc2cccc(Cl)c2c(=O)n1C1CCN(C(=O)OC(C)(C)C)CC1. The van der Waals surface area contributed by atoms with Crippen LogP contribution in [-0.2, 0) is 4.74 Å². The number of carbonyl (C=O) groups is 1. The average molecular weight is 554 g/mol. The van der Waals surface area contributed by atoms with Crippen LogP contribution >= 0.6 is 11.6 Å². The Labute approximate surface area is 230 Å². The predicted molar refractivity (Wildman–Crippen MR) is 149 cm³/mol. The highest BCUT2D eigenvalue weighted by molar-refractivity contribution is 6.35. The number of anilines is 3. The number of piperidine rings is 1. The number of nitrogens with two attached hydrogens (primary N) is 2. The first-order valence-corrected chi connectivity index (χ1v) is 13.1. The molecule has 2 aromatic heterocycles. The number of hydrogen-bond donors (Lipinski definition) is 3. The number of nitrogens with zero attached hydrogens (tertiary/aromatic N) is 6. The molecule has 206 valence electrons. The predicted octanol–water partition coefficient (Wildman–Crippen LogP) is 4.01. The van der Waals surface area contributed by atoms with Gasteiger partial charge in [-0.25, -0.2) is 9.78 Å². The summed E-state index contributed by atoms with van der Waals surface area (Å²) in [5.74, 6) is 0.468. The molecule has 4 rings (SSSR count). The number of aromatic nitrogens is 4. The maximum Gasteiger partial charge on any atom is 0.410 e. The van der Waals surface area contributed by atoms with E-state index in [0.29, 0.717) is 54.1 Å². The Bertz CT molecular complexity index is 1500. The highest BCUT2D eigenvalue weighted by Crippen LogP contribution is 2.31. The van der Waals surface area contributed by atoms with Crippen molar-refractivity contribution >= 4 is 46.2 Å². The normalized spacial score (nSPS) is 15.1. The van der Waals surface area contributed by atoms with E-state index in [4.69, 9.17) is 32.8 Å². The first-order valence-electron chi connectivity index (χ1n) is 12.7. The van der Waals surface area contributed by atoms with Gasteiger partial charge in [0.25, 0.3) is 5.56 Å². The first-order chi connectivity index (χ1) is 18.4. The fourth-order valence-corrected chi connectivity index (χ4v) is 4.93. The molecule has 0 bridgehead atoms. The lowest BCUT2D eigenvalue weighted by Gasteiger charge is -2.35. The van der Waals surface area contributed by atoms with E-state index in [1.54, 1.807) is 27.7 Å². The van der Waals surface area contributed by atoms with Crippen molar-refractivity contribution in [1.29, 1.82) is 5.26 Å². The van der Waals surface area contributed by atoms with Crippen LogP contribution in [0.25, 0.3) is 10.9 Å². The van der Waals surface area contributed by atoms with Gasteiger partial charge in [0.15, 0.2) is 5.82 Å². The van der Waals surface area contributed by atoms with Gasteiger partial charge in [-0.3, -0.25) is 9.36 Å². The van der Waals surface area contributed by atoms with Gasteiger partial charge in [-0.15, -0.1) is 0 Å². The molecule has 13 heteroatoms. The summed E-state index contributed by atoms with van der Waals surface area (Å²) in [4.78, 5) is 41.1. The van der Waals surface area contributed by atoms with Crippen molar-refractivity contribution < 1.29 is 9.53 Å². The van der Waals surface area contributed by atoms with Crippen LogP contribution in [0.5, 0.6) is 0 Å². The van der Waals surface area contributed by atoms with Crippen molar-refractivity contribution in [3.05, 3.63) is 45.0 Å². The number of nitriles is 1. The number of ether oxygens (including phenoxy) is 1. The van der Waals surface area contributed by atoms with Crippen molar-refractivity contribution in [1.82, 2.24) is 24.4 Å². The summed E-state index contributed by atoms with van der Waals surface area (Å²) in [5, 5.41) is 13.5. The van der Waals surface area contributed by atoms with Crippen LogP contribution in [0.1, 0.15) is 70.4 Å². The lowest BCUT2D eigenvalue weighted by Crippen LogP contribution is -2.44. The van der Waals surface area contributed by atoms with E-state index >= 15 is 0 Å². The molecule has 0 saturated carbocycles. The molecule has 0 aliphatic carbocycles. The Balaban J connectivity index is 1.77. The number of benzene rings is 1. The molecule has 5 N–H and O–H groups in total. The van der Waals surface area contributed by atoms with Crippen LogP contribution in [0.2, 0.25) is 5.02 Å². The Morgan fingerprint density at radius 3 is 2.56 bits per heavy atom. The van der Waals surface area contributed by atoms with Crippen LogP contribution in [0.15, 0.2) is 23.0 Å². The second kappa shape index (κ2) is 10.9. The highest BCUT2D eigenvalue weighted by atomic mass is 35.5. The zero-order valence-corrected chi connectivity index (χ0v) is 23.1. The van der Waals surface area contributed by atoms with Gasteiger partial charge >= 0.3 is 6.09 Å². The number of hydrogen-bond acceptors (Lipinski definition) is 10. The van der Waals surface area contributed by atoms with E-state index in [9.17, 15) is 14.9 Å². The molecule has 1 saturated heterocycles. The van der Waals surface area contributed by atoms with Gasteiger partial charge in [0.1, 0.15) is 28.9 Å². The number of carbonyl (C=O) groups excluding carboxylic acids is 1. The molecule has 3 aromatic rings. The number of fused-ring (bicyclic) bond motifs is 1. The number of halogens is 1. The number of rotatable bonds is 5. The molecule has 1 unspecified atom stereocenters. The molecular formula is C26H32ClN9O3. The quantitative estimate of drug-likeness (QED) is 0.418. The van der Waals surface area contributed by atoms with Gasteiger partial charge in [-0.05, 0) is 52.2 Å². The Kier molecular flexibility index (Phi) is 7.83. The van der Waals surface area contributed by atoms with E-state index in [1.165, 1.54) is 0 Å². The molecule has 0 spiro atoms. The van der Waals surface area contributed by atoms with Gasteiger partial charge in [0.05, 0.1) is 22.0 Å². The fourth-order valence-electron chi connectivity index (χ4n) is 4.68. The van der Waals surface area contributed by atoms with Crippen molar-refractivity contribution in [2.45, 2.75) is 64.6 Å². The van der Waals surface area contributed by atoms with Gasteiger partial charge in [0.2, 0.25) is 5.95 Å². The number of likely N-dealkylation sites (tertiary alicyclic amines) is 1. The zero-order valence-electron chi connectivity index (χ0n) is 22.4. The zero-order chi connectivity index (χ0) is 28.5. The summed E-state index contributed by atoms with van der Waals surface area (Å²) in [5.41, 5.74) is 11.3. The van der Waals surface area contributed by atoms with Gasteiger partial charge < -0.3 is 26.4 Å². The van der Waals surface area contributed by atoms with Crippen molar-refractivity contribution in [2.75, 3.05) is 29.9 Å². The van der Waals surface area contributed by atoms with Crippen molar-refractivity contribution in [3.8, 4) is 6.07 Å². The summed E-state index contributed by atoms with van der Waals surface area (Å²) >= 11 is 6.45. The third-order valence-corrected chi connectivity index (χ3v) is 6.80. The molecule has 1 atom stereocenters. The van der Waals surface area contributed by atoms with Gasteiger partial charge in [0, 0.05) is 19.1 Å². The van der Waals surface area contributed by atoms with Crippen LogP contribution in [0, 0.1) is 11.3 Å². The van der Waals surface area contributed by atoms with Crippen LogP contribution < -0.4 is 22.3 Å². The van der Waals surface area contributed by atoms with Crippen molar-refractivity contribution in [2.24, 2.45) is 0 Å². The molecule has 1 amide bonds. The standard InChI is InChI=1S/C26H32ClN9O3/c1-5-17(31-21-15(13-28)20(29)33-24(30)34-21)22-32-18-8-6-7-16(27)19(18)23(37)36(22)14-9-11-35(12-10-14)25(38)39-26(2,3)4/h6-8,14,17H,5,9-12H2,1-4H3,(H5,29,30,31,33,34). The molecule has 1 aromatic carbocycles. The topological polar surface area (TPSA) is 178 Å². The molecule has 0 radical (unpaired) electrons. The molecular weight excluding hydrogens is 522 g/mol. The van der Waals surface area contributed by atoms with Gasteiger partial charge in [-0.2, -0.15) is 15.2 Å². The van der Waals surface area contributed by atoms with E-state index in [2.05, 4.69) is 15.3 Å². The monoisotopic (exact) mass is 553 g/mol. The minimum Gasteiger partial charge on any atom is -0.444 e. The molecule has 1 aliphatic rings. The van der Waals surface area contributed by atoms with Gasteiger partial charge in [-0.1, -0.05) is 24.6 Å². The first kappa shape index (κ1) is 27.9. The summed E-state index contributed by atoms with van der Waals surface area (Å²) < 4.78 is 7.18. The number of amides is 1. The smallest absolute Gasteiger partial charge is 0.410 e. The van der Waals surface area contributed by atoms with Crippen LogP contribution in [0.3, 0.4) is 0 Å². The van der Waals surface area contributed by atoms with E-state index in [1.807, 2.05) is 33.8 Å². The molecule has 39 heavy (non-hydrogen) atoms. The third-order valence-electron chi connectivity index (χ3n) is 6.48. The second-order valence-corrected chi connectivity index (χ2v) is 10.8. The number of nitrogen functional groups attached to an aromatic ring is 2. The van der Waals surface area contributed by atoms with Crippen LogP contribution in [0.4, 0.5) is 22.4 Å². The molecule has 1 fully saturated rings. The number of nitrogens with one attached hydrogen (secondary N) is 1. The van der Waals surface area contributed by atoms with E-state index < -0.39 is 11.6 Å².